The van der Waals surface area contributed by atoms with E-state index in [0.717, 1.165) is 24.1 Å². The van der Waals surface area contributed by atoms with Crippen molar-refractivity contribution in [2.75, 3.05) is 5.75 Å². The van der Waals surface area contributed by atoms with Crippen LogP contribution in [0, 0.1) is 13.8 Å². The number of hydrogen-bond donors (Lipinski definition) is 1. The molecule has 1 aliphatic rings. The summed E-state index contributed by atoms with van der Waals surface area (Å²) in [5.41, 5.74) is 7.26. The lowest BCUT2D eigenvalue weighted by Crippen LogP contribution is -2.10. The maximum Gasteiger partial charge on any atom is 0.323 e. The number of rotatable bonds is 4. The molecule has 1 N–H and O–H groups in total. The number of hydrogen-bond acceptors (Lipinski definition) is 2. The van der Waals surface area contributed by atoms with Crippen molar-refractivity contribution in [2.24, 2.45) is 0 Å². The Labute approximate surface area is 151 Å². The van der Waals surface area contributed by atoms with Gasteiger partial charge in [0.2, 0.25) is 0 Å². The van der Waals surface area contributed by atoms with Crippen LogP contribution in [0.5, 0.6) is 0 Å². The van der Waals surface area contributed by atoms with Gasteiger partial charge in [-0.05, 0) is 61.6 Å². The van der Waals surface area contributed by atoms with Crippen molar-refractivity contribution in [1.82, 2.24) is 4.57 Å². The maximum absolute atomic E-state index is 11.3. The first-order chi connectivity index (χ1) is 12.0. The summed E-state index contributed by atoms with van der Waals surface area (Å²) in [5.74, 6) is 0.372. The Bertz CT molecular complexity index is 987. The van der Waals surface area contributed by atoms with Gasteiger partial charge in [-0.3, -0.25) is 4.79 Å². The Kier molecular flexibility index (Phi) is 4.08. The van der Waals surface area contributed by atoms with Crippen molar-refractivity contribution in [3.05, 3.63) is 64.3 Å². The van der Waals surface area contributed by atoms with E-state index in [1.165, 1.54) is 38.3 Å². The molecule has 0 saturated carbocycles. The molecular weight excluding hydrogens is 330 g/mol. The van der Waals surface area contributed by atoms with Crippen LogP contribution < -0.4 is 0 Å². The molecule has 128 valence electrons. The average molecular weight is 351 g/mol. The number of carboxylic acid groups (broad SMARTS) is 1. The fourth-order valence-electron chi connectivity index (χ4n) is 3.78. The van der Waals surface area contributed by atoms with Crippen LogP contribution >= 0.6 is 11.8 Å². The van der Waals surface area contributed by atoms with Gasteiger partial charge in [-0.25, -0.2) is 0 Å². The SMILES string of the molecule is Cc1ccc2c(c1)c(Cc1ccc3c(c1)CCS3)c(C)n2CC(=O)O. The lowest BCUT2D eigenvalue weighted by atomic mass is 9.99. The molecule has 0 aliphatic carbocycles. The highest BCUT2D eigenvalue weighted by atomic mass is 32.2. The molecule has 0 saturated heterocycles. The predicted molar refractivity (Wildman–Crippen MR) is 103 cm³/mol. The maximum atomic E-state index is 11.3. The van der Waals surface area contributed by atoms with Gasteiger partial charge in [0.1, 0.15) is 6.54 Å². The van der Waals surface area contributed by atoms with E-state index < -0.39 is 5.97 Å². The number of aromatic nitrogens is 1. The number of benzene rings is 2. The monoisotopic (exact) mass is 351 g/mol. The number of carboxylic acids is 1. The first kappa shape index (κ1) is 16.3. The zero-order chi connectivity index (χ0) is 17.6. The third kappa shape index (κ3) is 2.95. The Balaban J connectivity index is 1.82. The van der Waals surface area contributed by atoms with Crippen LogP contribution in [-0.2, 0) is 24.2 Å². The van der Waals surface area contributed by atoms with Crippen LogP contribution in [0.25, 0.3) is 10.9 Å². The first-order valence-corrected chi connectivity index (χ1v) is 9.56. The molecule has 25 heavy (non-hydrogen) atoms. The summed E-state index contributed by atoms with van der Waals surface area (Å²) in [6, 6.07) is 13.1. The molecule has 0 atom stereocenters. The van der Waals surface area contributed by atoms with E-state index in [1.807, 2.05) is 29.3 Å². The lowest BCUT2D eigenvalue weighted by Gasteiger charge is -2.07. The number of fused-ring (bicyclic) bond motifs is 2. The highest BCUT2D eigenvalue weighted by Gasteiger charge is 2.17. The summed E-state index contributed by atoms with van der Waals surface area (Å²) in [6.07, 6.45) is 1.99. The van der Waals surface area contributed by atoms with Gasteiger partial charge in [-0.1, -0.05) is 23.8 Å². The number of nitrogens with zero attached hydrogens (tertiary/aromatic N) is 1. The molecule has 0 spiro atoms. The second-order valence-electron chi connectivity index (χ2n) is 6.78. The minimum absolute atomic E-state index is 0.00617. The molecule has 0 unspecified atom stereocenters. The van der Waals surface area contributed by atoms with Crippen LogP contribution in [0.2, 0.25) is 0 Å². The minimum Gasteiger partial charge on any atom is -0.480 e. The molecule has 4 rings (SSSR count). The lowest BCUT2D eigenvalue weighted by molar-refractivity contribution is -0.137. The molecule has 3 aromatic rings. The van der Waals surface area contributed by atoms with Crippen molar-refractivity contribution in [3.63, 3.8) is 0 Å². The first-order valence-electron chi connectivity index (χ1n) is 8.57. The van der Waals surface area contributed by atoms with Crippen LogP contribution in [0.3, 0.4) is 0 Å². The summed E-state index contributed by atoms with van der Waals surface area (Å²) in [4.78, 5) is 12.7. The Morgan fingerprint density at radius 3 is 2.84 bits per heavy atom. The number of aliphatic carboxylic acids is 1. The smallest absolute Gasteiger partial charge is 0.323 e. The van der Waals surface area contributed by atoms with E-state index in [4.69, 9.17) is 0 Å². The molecule has 0 fully saturated rings. The number of carbonyl (C=O) groups is 1. The molecule has 2 heterocycles. The van der Waals surface area contributed by atoms with Crippen LogP contribution in [0.4, 0.5) is 0 Å². The van der Waals surface area contributed by atoms with Crippen molar-refractivity contribution in [1.29, 1.82) is 0 Å². The topological polar surface area (TPSA) is 42.2 Å². The zero-order valence-electron chi connectivity index (χ0n) is 14.5. The molecule has 0 amide bonds. The van der Waals surface area contributed by atoms with Crippen molar-refractivity contribution in [2.45, 2.75) is 38.1 Å². The molecular formula is C21H21NO2S. The molecule has 0 bridgehead atoms. The second-order valence-corrected chi connectivity index (χ2v) is 7.92. The van der Waals surface area contributed by atoms with Gasteiger partial charge in [0.05, 0.1) is 0 Å². The van der Waals surface area contributed by atoms with Gasteiger partial charge in [0.25, 0.3) is 0 Å². The summed E-state index contributed by atoms with van der Waals surface area (Å²) >= 11 is 1.93. The summed E-state index contributed by atoms with van der Waals surface area (Å²) in [6.45, 7) is 4.13. The summed E-state index contributed by atoms with van der Waals surface area (Å²) < 4.78 is 1.93. The van der Waals surface area contributed by atoms with E-state index >= 15 is 0 Å². The van der Waals surface area contributed by atoms with E-state index in [9.17, 15) is 9.90 Å². The largest absolute Gasteiger partial charge is 0.480 e. The van der Waals surface area contributed by atoms with Gasteiger partial charge in [-0.15, -0.1) is 11.8 Å². The Hall–Kier alpha value is -2.20. The van der Waals surface area contributed by atoms with Crippen LogP contribution in [0.1, 0.15) is 27.9 Å². The van der Waals surface area contributed by atoms with Crippen molar-refractivity contribution < 1.29 is 9.90 Å². The molecule has 0 radical (unpaired) electrons. The highest BCUT2D eigenvalue weighted by molar-refractivity contribution is 7.99. The van der Waals surface area contributed by atoms with Crippen molar-refractivity contribution >= 4 is 28.6 Å². The Morgan fingerprint density at radius 1 is 1.20 bits per heavy atom. The fraction of sp³-hybridized carbons (Fsp3) is 0.286. The van der Waals surface area contributed by atoms with E-state index in [0.29, 0.717) is 0 Å². The molecule has 2 aromatic carbocycles. The molecule has 1 aromatic heterocycles. The fourth-order valence-corrected chi connectivity index (χ4v) is 4.83. The number of thioether (sulfide) groups is 1. The van der Waals surface area contributed by atoms with E-state index in [2.05, 4.69) is 37.3 Å². The summed E-state index contributed by atoms with van der Waals surface area (Å²) in [7, 11) is 0. The third-order valence-electron chi connectivity index (χ3n) is 5.04. The predicted octanol–water partition coefficient (Wildman–Crippen LogP) is 4.58. The Morgan fingerprint density at radius 2 is 2.04 bits per heavy atom. The molecule has 3 nitrogen and oxygen atoms in total. The third-order valence-corrected chi connectivity index (χ3v) is 6.16. The standard InChI is InChI=1S/C21H21NO2S/c1-13-3-5-19-18(9-13)17(14(2)22(19)12-21(23)24)11-15-4-6-20-16(10-15)7-8-25-20/h3-6,9-10H,7-8,11-12H2,1-2H3,(H,23,24). The molecule has 1 aliphatic heterocycles. The average Bonchev–Trinajstić information content (AvgIpc) is 3.13. The number of aryl methyl sites for hydroxylation is 2. The van der Waals surface area contributed by atoms with E-state index in [1.54, 1.807) is 0 Å². The minimum atomic E-state index is -0.804. The zero-order valence-corrected chi connectivity index (χ0v) is 15.3. The van der Waals surface area contributed by atoms with E-state index in [-0.39, 0.29) is 6.54 Å². The van der Waals surface area contributed by atoms with Crippen LogP contribution in [0.15, 0.2) is 41.3 Å². The van der Waals surface area contributed by atoms with Gasteiger partial charge in [0.15, 0.2) is 0 Å². The van der Waals surface area contributed by atoms with Gasteiger partial charge >= 0.3 is 5.97 Å². The van der Waals surface area contributed by atoms with Gasteiger partial charge < -0.3 is 9.67 Å². The molecule has 4 heteroatoms. The van der Waals surface area contributed by atoms with Crippen LogP contribution in [-0.4, -0.2) is 21.4 Å². The van der Waals surface area contributed by atoms with Gasteiger partial charge in [-0.2, -0.15) is 0 Å². The second kappa shape index (κ2) is 6.26. The normalized spacial score (nSPS) is 13.4. The highest BCUT2D eigenvalue weighted by Crippen LogP contribution is 2.34. The quantitative estimate of drug-likeness (QED) is 0.748. The van der Waals surface area contributed by atoms with Crippen molar-refractivity contribution in [3.8, 4) is 0 Å². The summed E-state index contributed by atoms with van der Waals surface area (Å²) in [5, 5.41) is 10.5. The van der Waals surface area contributed by atoms with Gasteiger partial charge in [0, 0.05) is 27.2 Å².